The average molecular weight is 389 g/mol. The molecule has 3 rings (SSSR count). The maximum absolute atomic E-state index is 12.2. The van der Waals surface area contributed by atoms with E-state index in [1.165, 1.54) is 17.7 Å². The molecule has 26 heavy (non-hydrogen) atoms. The lowest BCUT2D eigenvalue weighted by atomic mass is 9.88. The van der Waals surface area contributed by atoms with E-state index < -0.39 is 5.91 Å². The lowest BCUT2D eigenvalue weighted by Crippen LogP contribution is -2.29. The van der Waals surface area contributed by atoms with Gasteiger partial charge in [-0.05, 0) is 42.5 Å². The number of hydrogen-bond donors (Lipinski definition) is 2. The Morgan fingerprint density at radius 1 is 1.00 bits per heavy atom. The highest BCUT2D eigenvalue weighted by molar-refractivity contribution is 6.44. The maximum atomic E-state index is 12.2. The smallest absolute Gasteiger partial charge is 0.248 e. The van der Waals surface area contributed by atoms with Crippen LogP contribution in [-0.4, -0.2) is 11.8 Å². The molecule has 6 heteroatoms. The topological polar surface area (TPSA) is 58.2 Å². The predicted molar refractivity (Wildman–Crippen MR) is 104 cm³/mol. The van der Waals surface area contributed by atoms with Crippen LogP contribution in [0.3, 0.4) is 0 Å². The first-order valence-electron chi connectivity index (χ1n) is 8.36. The van der Waals surface area contributed by atoms with Crippen molar-refractivity contribution < 1.29 is 9.59 Å². The molecule has 2 aromatic rings. The summed E-state index contributed by atoms with van der Waals surface area (Å²) in [4.78, 5) is 24.2. The lowest BCUT2D eigenvalue weighted by Gasteiger charge is -2.25. The van der Waals surface area contributed by atoms with E-state index in [-0.39, 0.29) is 17.0 Å². The summed E-state index contributed by atoms with van der Waals surface area (Å²) in [6.07, 6.45) is 5.35. The predicted octanol–water partition coefficient (Wildman–Crippen LogP) is 4.68. The summed E-state index contributed by atoms with van der Waals surface area (Å²) in [6, 6.07) is 13.0. The third-order valence-corrected chi connectivity index (χ3v) is 5.10. The Kier molecular flexibility index (Phi) is 5.96. The highest BCUT2D eigenvalue weighted by Crippen LogP contribution is 2.30. The van der Waals surface area contributed by atoms with E-state index in [0.717, 1.165) is 24.8 Å². The van der Waals surface area contributed by atoms with Crippen molar-refractivity contribution in [2.24, 2.45) is 0 Å². The molecule has 0 heterocycles. The zero-order chi connectivity index (χ0) is 18.5. The molecule has 0 saturated carbocycles. The van der Waals surface area contributed by atoms with Gasteiger partial charge in [0.1, 0.15) is 0 Å². The summed E-state index contributed by atoms with van der Waals surface area (Å²) < 4.78 is 0. The van der Waals surface area contributed by atoms with Crippen LogP contribution in [-0.2, 0) is 16.0 Å². The second-order valence-corrected chi connectivity index (χ2v) is 6.86. The molecule has 2 N–H and O–H groups in total. The molecule has 1 unspecified atom stereocenters. The van der Waals surface area contributed by atoms with Crippen molar-refractivity contribution in [3.8, 4) is 0 Å². The van der Waals surface area contributed by atoms with Crippen molar-refractivity contribution in [2.45, 2.75) is 25.3 Å². The van der Waals surface area contributed by atoms with Crippen LogP contribution in [0.15, 0.2) is 54.6 Å². The van der Waals surface area contributed by atoms with E-state index in [1.54, 1.807) is 18.2 Å². The van der Waals surface area contributed by atoms with Gasteiger partial charge in [0.25, 0.3) is 0 Å². The molecule has 0 aliphatic heterocycles. The Balaban J connectivity index is 1.60. The van der Waals surface area contributed by atoms with Crippen LogP contribution in [0.1, 0.15) is 30.0 Å². The van der Waals surface area contributed by atoms with Crippen LogP contribution in [0.5, 0.6) is 0 Å². The zero-order valence-corrected chi connectivity index (χ0v) is 15.5. The van der Waals surface area contributed by atoms with Crippen LogP contribution in [0.25, 0.3) is 0 Å². The second-order valence-electron chi connectivity index (χ2n) is 6.08. The average Bonchev–Trinajstić information content (AvgIpc) is 2.64. The van der Waals surface area contributed by atoms with Gasteiger partial charge in [0.05, 0.1) is 21.8 Å². The number of benzene rings is 2. The van der Waals surface area contributed by atoms with Crippen molar-refractivity contribution in [1.29, 1.82) is 0 Å². The minimum Gasteiger partial charge on any atom is -0.346 e. The number of halogens is 2. The largest absolute Gasteiger partial charge is 0.346 e. The highest BCUT2D eigenvalue weighted by atomic mass is 35.5. The quantitative estimate of drug-likeness (QED) is 0.746. The lowest BCUT2D eigenvalue weighted by molar-refractivity contribution is -0.118. The Bertz CT molecular complexity index is 865. The summed E-state index contributed by atoms with van der Waals surface area (Å²) in [5.41, 5.74) is 2.81. The molecule has 0 spiro atoms. The SMILES string of the molecule is O=C(C=CC(=O)NC1CCCc2ccccc21)Nc1cccc(Cl)c1Cl. The van der Waals surface area contributed by atoms with Gasteiger partial charge in [-0.3, -0.25) is 9.59 Å². The fraction of sp³-hybridized carbons (Fsp3) is 0.200. The Morgan fingerprint density at radius 2 is 1.77 bits per heavy atom. The van der Waals surface area contributed by atoms with E-state index in [9.17, 15) is 9.59 Å². The normalized spacial score (nSPS) is 16.2. The van der Waals surface area contributed by atoms with Crippen molar-refractivity contribution in [3.05, 3.63) is 75.8 Å². The molecule has 0 radical (unpaired) electrons. The zero-order valence-electron chi connectivity index (χ0n) is 14.0. The molecule has 1 atom stereocenters. The number of nitrogens with one attached hydrogen (secondary N) is 2. The fourth-order valence-electron chi connectivity index (χ4n) is 3.05. The summed E-state index contributed by atoms with van der Waals surface area (Å²) in [6.45, 7) is 0. The van der Waals surface area contributed by atoms with Gasteiger partial charge in [0.2, 0.25) is 11.8 Å². The number of carbonyl (C=O) groups is 2. The third-order valence-electron chi connectivity index (χ3n) is 4.28. The first kappa shape index (κ1) is 18.5. The minimum atomic E-state index is -0.451. The number of anilines is 1. The van der Waals surface area contributed by atoms with Crippen LogP contribution >= 0.6 is 23.2 Å². The van der Waals surface area contributed by atoms with E-state index in [4.69, 9.17) is 23.2 Å². The van der Waals surface area contributed by atoms with Gasteiger partial charge in [-0.1, -0.05) is 53.5 Å². The molecule has 2 amide bonds. The number of aryl methyl sites for hydroxylation is 1. The number of hydrogen-bond acceptors (Lipinski definition) is 2. The fourth-order valence-corrected chi connectivity index (χ4v) is 3.40. The number of rotatable bonds is 4. The number of carbonyl (C=O) groups excluding carboxylic acids is 2. The summed E-state index contributed by atoms with van der Waals surface area (Å²) >= 11 is 11.9. The van der Waals surface area contributed by atoms with E-state index in [0.29, 0.717) is 10.7 Å². The molecule has 4 nitrogen and oxygen atoms in total. The van der Waals surface area contributed by atoms with Gasteiger partial charge in [-0.25, -0.2) is 0 Å². The molecule has 0 fully saturated rings. The van der Waals surface area contributed by atoms with Gasteiger partial charge in [0.15, 0.2) is 0 Å². The summed E-state index contributed by atoms with van der Waals surface area (Å²) in [7, 11) is 0. The molecule has 134 valence electrons. The first-order valence-corrected chi connectivity index (χ1v) is 9.11. The van der Waals surface area contributed by atoms with Gasteiger partial charge in [0, 0.05) is 12.2 Å². The Hall–Kier alpha value is -2.30. The van der Waals surface area contributed by atoms with Gasteiger partial charge in [-0.15, -0.1) is 0 Å². The molecule has 2 aromatic carbocycles. The van der Waals surface area contributed by atoms with Crippen LogP contribution < -0.4 is 10.6 Å². The van der Waals surface area contributed by atoms with Crippen LogP contribution in [0.2, 0.25) is 10.0 Å². The summed E-state index contributed by atoms with van der Waals surface area (Å²) in [5, 5.41) is 6.18. The third kappa shape index (κ3) is 4.45. The van der Waals surface area contributed by atoms with E-state index in [1.807, 2.05) is 18.2 Å². The Labute approximate surface area is 162 Å². The van der Waals surface area contributed by atoms with E-state index >= 15 is 0 Å². The van der Waals surface area contributed by atoms with Crippen molar-refractivity contribution in [3.63, 3.8) is 0 Å². The van der Waals surface area contributed by atoms with Crippen molar-refractivity contribution >= 4 is 40.7 Å². The molecular weight excluding hydrogens is 371 g/mol. The number of fused-ring (bicyclic) bond motifs is 1. The molecule has 0 bridgehead atoms. The molecule has 0 aromatic heterocycles. The van der Waals surface area contributed by atoms with Crippen molar-refractivity contribution in [2.75, 3.05) is 5.32 Å². The van der Waals surface area contributed by atoms with Crippen LogP contribution in [0, 0.1) is 0 Å². The first-order chi connectivity index (χ1) is 12.5. The minimum absolute atomic E-state index is 0.0254. The number of amides is 2. The van der Waals surface area contributed by atoms with Gasteiger partial charge < -0.3 is 10.6 Å². The summed E-state index contributed by atoms with van der Waals surface area (Å²) in [5.74, 6) is -0.757. The highest BCUT2D eigenvalue weighted by Gasteiger charge is 2.20. The van der Waals surface area contributed by atoms with Crippen molar-refractivity contribution in [1.82, 2.24) is 5.32 Å². The van der Waals surface area contributed by atoms with Gasteiger partial charge in [-0.2, -0.15) is 0 Å². The maximum Gasteiger partial charge on any atom is 0.248 e. The monoisotopic (exact) mass is 388 g/mol. The van der Waals surface area contributed by atoms with Gasteiger partial charge >= 0.3 is 0 Å². The van der Waals surface area contributed by atoms with E-state index in [2.05, 4.69) is 16.7 Å². The van der Waals surface area contributed by atoms with Crippen LogP contribution in [0.4, 0.5) is 5.69 Å². The molecule has 0 saturated heterocycles. The molecule has 1 aliphatic rings. The molecule has 1 aliphatic carbocycles. The molecular formula is C20H18Cl2N2O2. The Morgan fingerprint density at radius 3 is 2.62 bits per heavy atom. The second kappa shape index (κ2) is 8.39. The standard InChI is InChI=1S/C20H18Cl2N2O2/c21-15-8-4-10-17(20(15)22)24-19(26)12-11-18(25)23-16-9-3-6-13-5-1-2-7-14(13)16/h1-2,4-5,7-8,10-12,16H,3,6,9H2,(H,23,25)(H,24,26).